The van der Waals surface area contributed by atoms with Crippen LogP contribution in [0.4, 0.5) is 13.2 Å². The smallest absolute Gasteiger partial charge is 0.315 e. The summed E-state index contributed by atoms with van der Waals surface area (Å²) < 4.78 is 39.0. The third-order valence-electron chi connectivity index (χ3n) is 5.74. The molecule has 0 aliphatic heterocycles. The predicted octanol–water partition coefficient (Wildman–Crippen LogP) is 3.67. The molecule has 0 amide bonds. The molecule has 1 N–H and O–H groups in total. The van der Waals surface area contributed by atoms with Crippen LogP contribution in [0.3, 0.4) is 0 Å². The van der Waals surface area contributed by atoms with E-state index in [1.54, 1.807) is 0 Å². The van der Waals surface area contributed by atoms with E-state index in [4.69, 9.17) is 0 Å². The first-order valence-corrected chi connectivity index (χ1v) is 8.23. The molecule has 2 aliphatic carbocycles. The first-order valence-electron chi connectivity index (χ1n) is 8.23. The van der Waals surface area contributed by atoms with Gasteiger partial charge in [-0.15, -0.1) is 0 Å². The lowest BCUT2D eigenvalue weighted by Gasteiger charge is -2.44. The van der Waals surface area contributed by atoms with Gasteiger partial charge in [0.15, 0.2) is 0 Å². The topological polar surface area (TPSA) is 15.3 Å². The minimum Gasteiger partial charge on any atom is -0.315 e. The van der Waals surface area contributed by atoms with E-state index in [1.165, 1.54) is 0 Å². The number of alkyl halides is 3. The summed E-state index contributed by atoms with van der Waals surface area (Å²) in [5, 5.41) is 3.37. The van der Waals surface area contributed by atoms with Crippen molar-refractivity contribution in [2.24, 2.45) is 17.8 Å². The highest BCUT2D eigenvalue weighted by Gasteiger charge is 2.44. The van der Waals surface area contributed by atoms with E-state index in [-0.39, 0.29) is 5.92 Å². The second-order valence-electron chi connectivity index (χ2n) is 7.16. The average Bonchev–Trinajstić information content (AvgIpc) is 2.45. The Bertz CT molecular complexity index is 330. The minimum absolute atomic E-state index is 0.269. The second-order valence-corrected chi connectivity index (χ2v) is 7.16. The number of rotatable bonds is 3. The lowest BCUT2D eigenvalue weighted by atomic mass is 9.68. The van der Waals surface area contributed by atoms with Gasteiger partial charge < -0.3 is 10.2 Å². The summed E-state index contributed by atoms with van der Waals surface area (Å²) in [7, 11) is 6.15. The number of nitrogens with zero attached hydrogens (tertiary/aromatic N) is 1. The molecule has 0 saturated heterocycles. The maximum atomic E-state index is 13.0. The Labute approximate surface area is 126 Å². The molecular formula is C16H29F3N2. The van der Waals surface area contributed by atoms with Crippen molar-refractivity contribution in [1.29, 1.82) is 0 Å². The average molecular weight is 306 g/mol. The predicted molar refractivity (Wildman–Crippen MR) is 79.2 cm³/mol. The van der Waals surface area contributed by atoms with Crippen LogP contribution in [0.15, 0.2) is 0 Å². The largest absolute Gasteiger partial charge is 0.391 e. The van der Waals surface area contributed by atoms with Crippen molar-refractivity contribution in [3.8, 4) is 0 Å². The first kappa shape index (κ1) is 17.1. The lowest BCUT2D eigenvalue weighted by Crippen LogP contribution is -2.51. The van der Waals surface area contributed by atoms with Crippen molar-refractivity contribution in [3.05, 3.63) is 0 Å². The van der Waals surface area contributed by atoms with E-state index in [1.807, 2.05) is 7.05 Å². The SMILES string of the molecule is CN[C@H]1CC[C@H](C2CCCC(C(F)(F)F)C2)C[C@@H]1N(C)C. The van der Waals surface area contributed by atoms with E-state index in [0.717, 1.165) is 32.1 Å². The van der Waals surface area contributed by atoms with Gasteiger partial charge in [-0.2, -0.15) is 13.2 Å². The molecule has 2 aliphatic rings. The molecule has 2 nitrogen and oxygen atoms in total. The van der Waals surface area contributed by atoms with Crippen LogP contribution in [0.25, 0.3) is 0 Å². The number of nitrogens with one attached hydrogen (secondary N) is 1. The normalized spacial score (nSPS) is 38.7. The van der Waals surface area contributed by atoms with Crippen LogP contribution in [-0.4, -0.2) is 44.3 Å². The summed E-state index contributed by atoms with van der Waals surface area (Å²) in [5.74, 6) is -0.325. The molecule has 0 spiro atoms. The Morgan fingerprint density at radius 1 is 0.952 bits per heavy atom. The highest BCUT2D eigenvalue weighted by atomic mass is 19.4. The fraction of sp³-hybridized carbons (Fsp3) is 1.00. The Morgan fingerprint density at radius 2 is 1.62 bits per heavy atom. The molecule has 2 unspecified atom stereocenters. The van der Waals surface area contributed by atoms with E-state index >= 15 is 0 Å². The molecule has 0 bridgehead atoms. The van der Waals surface area contributed by atoms with E-state index in [0.29, 0.717) is 30.8 Å². The highest BCUT2D eigenvalue weighted by Crippen LogP contribution is 2.45. The quantitative estimate of drug-likeness (QED) is 0.856. The monoisotopic (exact) mass is 306 g/mol. The van der Waals surface area contributed by atoms with Crippen LogP contribution < -0.4 is 5.32 Å². The van der Waals surface area contributed by atoms with Crippen LogP contribution in [0.5, 0.6) is 0 Å². The van der Waals surface area contributed by atoms with Gasteiger partial charge in [-0.1, -0.05) is 12.8 Å². The maximum Gasteiger partial charge on any atom is 0.391 e. The molecule has 21 heavy (non-hydrogen) atoms. The molecular weight excluding hydrogens is 277 g/mol. The van der Waals surface area contributed by atoms with Crippen LogP contribution in [0, 0.1) is 17.8 Å². The summed E-state index contributed by atoms with van der Waals surface area (Å²) in [5.41, 5.74) is 0. The van der Waals surface area contributed by atoms with Gasteiger partial charge in [0.1, 0.15) is 0 Å². The summed E-state index contributed by atoms with van der Waals surface area (Å²) in [6, 6.07) is 0.915. The fourth-order valence-corrected chi connectivity index (χ4v) is 4.47. The van der Waals surface area contributed by atoms with Crippen molar-refractivity contribution in [2.45, 2.75) is 63.2 Å². The zero-order valence-corrected chi connectivity index (χ0v) is 13.4. The molecule has 2 saturated carbocycles. The third kappa shape index (κ3) is 4.13. The maximum absolute atomic E-state index is 13.0. The Balaban J connectivity index is 1.98. The number of halogens is 3. The lowest BCUT2D eigenvalue weighted by molar-refractivity contribution is -0.188. The molecule has 0 aromatic carbocycles. The van der Waals surface area contributed by atoms with Crippen molar-refractivity contribution >= 4 is 0 Å². The van der Waals surface area contributed by atoms with Crippen LogP contribution in [0.1, 0.15) is 44.9 Å². The molecule has 124 valence electrons. The number of likely N-dealkylation sites (N-methyl/N-ethyl adjacent to an activating group) is 2. The summed E-state index contributed by atoms with van der Waals surface area (Å²) in [4.78, 5) is 2.23. The molecule has 0 radical (unpaired) electrons. The Hall–Kier alpha value is -0.290. The van der Waals surface area contributed by atoms with Crippen molar-refractivity contribution in [3.63, 3.8) is 0 Å². The van der Waals surface area contributed by atoms with Crippen molar-refractivity contribution in [2.75, 3.05) is 21.1 Å². The molecule has 5 atom stereocenters. The van der Waals surface area contributed by atoms with Crippen molar-refractivity contribution < 1.29 is 13.2 Å². The third-order valence-corrected chi connectivity index (χ3v) is 5.74. The van der Waals surface area contributed by atoms with E-state index in [2.05, 4.69) is 24.3 Å². The van der Waals surface area contributed by atoms with Gasteiger partial charge in [0.05, 0.1) is 5.92 Å². The summed E-state index contributed by atoms with van der Waals surface area (Å²) in [6.45, 7) is 0. The van der Waals surface area contributed by atoms with Gasteiger partial charge in [0.25, 0.3) is 0 Å². The number of hydrogen-bond acceptors (Lipinski definition) is 2. The zero-order chi connectivity index (χ0) is 15.6. The van der Waals surface area contributed by atoms with E-state index < -0.39 is 12.1 Å². The minimum atomic E-state index is -4.00. The Morgan fingerprint density at radius 3 is 2.19 bits per heavy atom. The molecule has 5 heteroatoms. The molecule has 2 fully saturated rings. The van der Waals surface area contributed by atoms with Crippen LogP contribution in [-0.2, 0) is 0 Å². The summed E-state index contributed by atoms with van der Waals surface area (Å²) >= 11 is 0. The molecule has 0 heterocycles. The van der Waals surface area contributed by atoms with Gasteiger partial charge in [-0.25, -0.2) is 0 Å². The molecule has 2 rings (SSSR count). The Kier molecular flexibility index (Phi) is 5.58. The second kappa shape index (κ2) is 6.86. The fourth-order valence-electron chi connectivity index (χ4n) is 4.47. The first-order chi connectivity index (χ1) is 9.82. The standard InChI is InChI=1S/C16H29F3N2/c1-20-14-8-7-12(10-15(14)21(2)3)11-5-4-6-13(9-11)16(17,18)19/h11-15,20H,4-10H2,1-3H3/t11?,12-,13?,14-,15-/m0/s1. The zero-order valence-electron chi connectivity index (χ0n) is 13.4. The van der Waals surface area contributed by atoms with Crippen LogP contribution >= 0.6 is 0 Å². The summed E-state index contributed by atoms with van der Waals surface area (Å²) in [6.07, 6.45) is 1.62. The van der Waals surface area contributed by atoms with Gasteiger partial charge in [0, 0.05) is 12.1 Å². The van der Waals surface area contributed by atoms with Gasteiger partial charge in [-0.05, 0) is 65.1 Å². The molecule has 0 aromatic rings. The van der Waals surface area contributed by atoms with Gasteiger partial charge in [0.2, 0.25) is 0 Å². The van der Waals surface area contributed by atoms with Crippen LogP contribution in [0.2, 0.25) is 0 Å². The van der Waals surface area contributed by atoms with E-state index in [9.17, 15) is 13.2 Å². The highest BCUT2D eigenvalue weighted by molar-refractivity contribution is 4.92. The van der Waals surface area contributed by atoms with Crippen molar-refractivity contribution in [1.82, 2.24) is 10.2 Å². The number of hydrogen-bond donors (Lipinski definition) is 1. The van der Waals surface area contributed by atoms with Gasteiger partial charge in [-0.3, -0.25) is 0 Å². The molecule has 0 aromatic heterocycles. The van der Waals surface area contributed by atoms with Gasteiger partial charge >= 0.3 is 6.18 Å².